The highest BCUT2D eigenvalue weighted by atomic mass is 28.3. The molecule has 4 aliphatic carbocycles. The van der Waals surface area contributed by atoms with Gasteiger partial charge in [0.25, 0.3) is 0 Å². The number of fused-ring (bicyclic) bond motifs is 2. The first kappa shape index (κ1) is 16.1. The van der Waals surface area contributed by atoms with Crippen LogP contribution in [0.1, 0.15) is 47.9 Å². The number of hydrogen-bond donors (Lipinski definition) is 0. The Morgan fingerprint density at radius 1 is 0.630 bits per heavy atom. The molecule has 0 spiro atoms. The highest BCUT2D eigenvalue weighted by molar-refractivity contribution is 6.92. The molecule has 0 unspecified atom stereocenters. The first-order valence-corrected chi connectivity index (χ1v) is 13.8. The Hall–Kier alpha value is -1.86. The smallest absolute Gasteiger partial charge is 0.0680 e. The van der Waals surface area contributed by atoms with E-state index in [-0.39, 0.29) is 0 Å². The van der Waals surface area contributed by atoms with Crippen molar-refractivity contribution in [1.82, 2.24) is 0 Å². The summed E-state index contributed by atoms with van der Waals surface area (Å²) >= 11 is 0. The molecule has 0 saturated heterocycles. The Morgan fingerprint density at radius 2 is 1.04 bits per heavy atom. The van der Waals surface area contributed by atoms with E-state index in [0.717, 1.165) is 11.8 Å². The lowest BCUT2D eigenvalue weighted by molar-refractivity contribution is 1.13. The maximum Gasteiger partial charge on any atom is 0.104 e. The van der Waals surface area contributed by atoms with Gasteiger partial charge in [-0.05, 0) is 83.8 Å². The van der Waals surface area contributed by atoms with Gasteiger partial charge in [0.2, 0.25) is 0 Å². The first-order valence-electron chi connectivity index (χ1n) is 10.8. The molecule has 1 heteroatoms. The van der Waals surface area contributed by atoms with Gasteiger partial charge in [-0.3, -0.25) is 0 Å². The third kappa shape index (κ3) is 2.40. The first-order chi connectivity index (χ1) is 13.1. The summed E-state index contributed by atoms with van der Waals surface area (Å²) < 4.78 is 0. The summed E-state index contributed by atoms with van der Waals surface area (Å²) in [5.74, 6) is 1.70. The largest absolute Gasteiger partial charge is 0.104 e. The molecule has 2 aromatic rings. The normalized spacial score (nSPS) is 21.7. The van der Waals surface area contributed by atoms with Gasteiger partial charge < -0.3 is 0 Å². The van der Waals surface area contributed by atoms with Crippen LogP contribution in [-0.2, 0) is 12.8 Å². The van der Waals surface area contributed by atoms with Crippen LogP contribution in [0.4, 0.5) is 0 Å². The van der Waals surface area contributed by atoms with E-state index in [1.54, 1.807) is 33.4 Å². The molecule has 0 bridgehead atoms. The maximum absolute atomic E-state index is 2.67. The van der Waals surface area contributed by atoms with Crippen molar-refractivity contribution in [2.24, 2.45) is 11.8 Å². The van der Waals surface area contributed by atoms with Crippen LogP contribution in [0.15, 0.2) is 58.9 Å². The zero-order valence-corrected chi connectivity index (χ0v) is 17.5. The van der Waals surface area contributed by atoms with Crippen molar-refractivity contribution in [3.8, 4) is 0 Å². The van der Waals surface area contributed by atoms with E-state index in [0.29, 0.717) is 0 Å². The van der Waals surface area contributed by atoms with E-state index in [1.165, 1.54) is 38.5 Å². The van der Waals surface area contributed by atoms with Crippen LogP contribution in [0.3, 0.4) is 0 Å². The summed E-state index contributed by atoms with van der Waals surface area (Å²) in [6.45, 7) is 5.33. The van der Waals surface area contributed by atoms with E-state index in [1.807, 2.05) is 10.4 Å². The van der Waals surface area contributed by atoms with E-state index >= 15 is 0 Å². The van der Waals surface area contributed by atoms with Gasteiger partial charge in [0.15, 0.2) is 0 Å². The molecule has 136 valence electrons. The topological polar surface area (TPSA) is 0 Å². The third-order valence-corrected chi connectivity index (χ3v) is 11.4. The lowest BCUT2D eigenvalue weighted by atomic mass is 10.0. The van der Waals surface area contributed by atoms with Crippen LogP contribution >= 0.6 is 0 Å². The standard InChI is InChI=1S/C26H28Si/c1-27(2,23-15-19-7-3-5-9-21(19)25(23)17-11-12-17)24-16-20-8-4-6-10-22(20)26(24)18-13-14-18/h3-10,17-18H,11-16H2,1-2H3. The van der Waals surface area contributed by atoms with Crippen molar-refractivity contribution in [1.29, 1.82) is 0 Å². The predicted octanol–water partition coefficient (Wildman–Crippen LogP) is 6.61. The maximum atomic E-state index is 2.67. The summed E-state index contributed by atoms with van der Waals surface area (Å²) in [6, 6.07) is 18.5. The molecule has 6 rings (SSSR count). The second-order valence-electron chi connectivity index (χ2n) is 9.63. The van der Waals surface area contributed by atoms with Crippen molar-refractivity contribution < 1.29 is 0 Å². The summed E-state index contributed by atoms with van der Waals surface area (Å²) in [6.07, 6.45) is 8.08. The molecule has 2 fully saturated rings. The second-order valence-corrected chi connectivity index (χ2v) is 14.1. The van der Waals surface area contributed by atoms with Crippen molar-refractivity contribution in [2.45, 2.75) is 51.6 Å². The quantitative estimate of drug-likeness (QED) is 0.532. The zero-order chi connectivity index (χ0) is 18.2. The molecular weight excluding hydrogens is 340 g/mol. The molecule has 0 N–H and O–H groups in total. The SMILES string of the molecule is C[Si](C)(C1=C(C2CC2)c2ccccc2C1)C1=C(C2CC2)c2ccccc2C1. The van der Waals surface area contributed by atoms with Crippen molar-refractivity contribution in [3.05, 3.63) is 81.2 Å². The van der Waals surface area contributed by atoms with Crippen molar-refractivity contribution >= 4 is 19.2 Å². The zero-order valence-electron chi connectivity index (χ0n) is 16.5. The van der Waals surface area contributed by atoms with E-state index < -0.39 is 8.07 Å². The summed E-state index contributed by atoms with van der Waals surface area (Å²) in [4.78, 5) is 0. The molecule has 2 saturated carbocycles. The lowest BCUT2D eigenvalue weighted by Gasteiger charge is -2.30. The van der Waals surface area contributed by atoms with Crippen LogP contribution in [-0.4, -0.2) is 8.07 Å². The number of rotatable bonds is 4. The highest BCUT2D eigenvalue weighted by Crippen LogP contribution is 2.55. The number of hydrogen-bond acceptors (Lipinski definition) is 0. The van der Waals surface area contributed by atoms with Gasteiger partial charge in [-0.1, -0.05) is 72.0 Å². The third-order valence-electron chi connectivity index (χ3n) is 7.48. The van der Waals surface area contributed by atoms with Gasteiger partial charge in [0, 0.05) is 0 Å². The molecule has 0 amide bonds. The van der Waals surface area contributed by atoms with Crippen LogP contribution in [0.5, 0.6) is 0 Å². The molecule has 0 nitrogen and oxygen atoms in total. The van der Waals surface area contributed by atoms with Gasteiger partial charge in [0.05, 0.1) is 0 Å². The Kier molecular flexibility index (Phi) is 3.33. The van der Waals surface area contributed by atoms with E-state index in [2.05, 4.69) is 61.6 Å². The Labute approximate surface area is 164 Å². The fourth-order valence-electron chi connectivity index (χ4n) is 5.74. The van der Waals surface area contributed by atoms with Crippen LogP contribution < -0.4 is 0 Å². The van der Waals surface area contributed by atoms with Gasteiger partial charge in [-0.2, -0.15) is 0 Å². The average molecular weight is 369 g/mol. The molecule has 0 aliphatic heterocycles. The molecule has 27 heavy (non-hydrogen) atoms. The van der Waals surface area contributed by atoms with Gasteiger partial charge in [0.1, 0.15) is 8.07 Å². The summed E-state index contributed by atoms with van der Waals surface area (Å²) in [5.41, 5.74) is 9.94. The second kappa shape index (κ2) is 5.58. The van der Waals surface area contributed by atoms with E-state index in [4.69, 9.17) is 0 Å². The van der Waals surface area contributed by atoms with Crippen LogP contribution in [0, 0.1) is 11.8 Å². The summed E-state index contributed by atoms with van der Waals surface area (Å²) in [5, 5.41) is 3.74. The minimum Gasteiger partial charge on any atom is -0.0680 e. The van der Waals surface area contributed by atoms with Crippen LogP contribution in [0.25, 0.3) is 11.1 Å². The molecular formula is C26H28Si. The molecule has 4 aliphatic rings. The fraction of sp³-hybridized carbons (Fsp3) is 0.385. The van der Waals surface area contributed by atoms with Gasteiger partial charge >= 0.3 is 0 Å². The van der Waals surface area contributed by atoms with Crippen molar-refractivity contribution in [3.63, 3.8) is 0 Å². The molecule has 0 radical (unpaired) electrons. The minimum atomic E-state index is -1.65. The number of benzene rings is 2. The van der Waals surface area contributed by atoms with Crippen LogP contribution in [0.2, 0.25) is 13.1 Å². The highest BCUT2D eigenvalue weighted by Gasteiger charge is 2.45. The van der Waals surface area contributed by atoms with Crippen molar-refractivity contribution in [2.75, 3.05) is 0 Å². The van der Waals surface area contributed by atoms with Gasteiger partial charge in [-0.15, -0.1) is 0 Å². The van der Waals surface area contributed by atoms with E-state index in [9.17, 15) is 0 Å². The average Bonchev–Trinajstić information content (AvgIpc) is 3.61. The predicted molar refractivity (Wildman–Crippen MR) is 117 cm³/mol. The summed E-state index contributed by atoms with van der Waals surface area (Å²) in [7, 11) is -1.65. The molecule has 0 aromatic heterocycles. The number of allylic oxidation sites excluding steroid dienone is 4. The Balaban J connectivity index is 1.51. The minimum absolute atomic E-state index is 0.851. The fourth-order valence-corrected chi connectivity index (χ4v) is 9.40. The monoisotopic (exact) mass is 368 g/mol. The molecule has 2 aromatic carbocycles. The van der Waals surface area contributed by atoms with Gasteiger partial charge in [-0.25, -0.2) is 0 Å². The Bertz CT molecular complexity index is 931. The molecule has 0 heterocycles. The molecule has 0 atom stereocenters. The Morgan fingerprint density at radius 3 is 1.44 bits per heavy atom. The lowest BCUT2D eigenvalue weighted by Crippen LogP contribution is -2.34.